The number of amides is 1. The van der Waals surface area contributed by atoms with Crippen LogP contribution in [0.25, 0.3) is 0 Å². The molecular weight excluding hydrogens is 589 g/mol. The molecular formula is C28H29F3N6O7. The monoisotopic (exact) mass is 618 g/mol. The molecule has 0 aromatic heterocycles. The quantitative estimate of drug-likeness (QED) is 0.0443. The number of nitrogens with zero attached hydrogens (tertiary/aromatic N) is 1. The summed E-state index contributed by atoms with van der Waals surface area (Å²) in [6.45, 7) is 5.61. The second-order valence-electron chi connectivity index (χ2n) is 9.28. The van der Waals surface area contributed by atoms with Crippen LogP contribution in [0, 0.1) is 15.5 Å². The molecule has 1 atom stereocenters. The van der Waals surface area contributed by atoms with Gasteiger partial charge in [-0.2, -0.15) is 13.2 Å². The topological polar surface area (TPSA) is 191 Å². The van der Waals surface area contributed by atoms with Gasteiger partial charge in [-0.3, -0.25) is 31.2 Å². The van der Waals surface area contributed by atoms with Crippen molar-refractivity contribution in [2.75, 3.05) is 17.3 Å². The molecule has 3 aromatic carbocycles. The highest BCUT2D eigenvalue weighted by atomic mass is 19.4. The molecule has 13 nitrogen and oxygen atoms in total. The minimum absolute atomic E-state index is 0.00807. The maximum atomic E-state index is 13.5. The molecule has 0 fully saturated rings. The number of hydrogen-bond donors (Lipinski definition) is 5. The lowest BCUT2D eigenvalue weighted by molar-refractivity contribution is -0.384. The molecule has 0 aliphatic carbocycles. The Hall–Kier alpha value is -5.54. The van der Waals surface area contributed by atoms with Crippen molar-refractivity contribution in [1.82, 2.24) is 5.43 Å². The molecule has 1 amide bonds. The Morgan fingerprint density at radius 1 is 1.05 bits per heavy atom. The zero-order valence-electron chi connectivity index (χ0n) is 23.7. The van der Waals surface area contributed by atoms with E-state index >= 15 is 0 Å². The lowest BCUT2D eigenvalue weighted by atomic mass is 10.0. The second kappa shape index (κ2) is 14.1. The van der Waals surface area contributed by atoms with Crippen LogP contribution in [0.1, 0.15) is 37.9 Å². The smallest absolute Gasteiger partial charge is 0.490 e. The first-order valence-corrected chi connectivity index (χ1v) is 13.0. The molecule has 0 heterocycles. The van der Waals surface area contributed by atoms with Crippen LogP contribution in [-0.2, 0) is 9.59 Å². The molecule has 3 aromatic rings. The molecule has 16 heteroatoms. The number of amidine groups is 1. The van der Waals surface area contributed by atoms with Gasteiger partial charge in [-0.05, 0) is 56.7 Å². The van der Waals surface area contributed by atoms with Crippen molar-refractivity contribution in [3.8, 4) is 17.2 Å². The molecule has 0 saturated carbocycles. The van der Waals surface area contributed by atoms with E-state index < -0.39 is 40.6 Å². The molecule has 0 spiro atoms. The van der Waals surface area contributed by atoms with E-state index in [9.17, 15) is 32.9 Å². The highest BCUT2D eigenvalue weighted by Crippen LogP contribution is 2.34. The predicted octanol–water partition coefficient (Wildman–Crippen LogP) is 4.83. The fourth-order valence-corrected chi connectivity index (χ4v) is 3.81. The molecule has 0 aliphatic rings. The standard InChI is InChI=1S/C28H29F3N6O7/c1-4-42-23-13-16(9-12-21(23)43-15(2)3)24(26(38)36-35-19-7-5-6-8-20(19)37(40)41)34-17-10-11-18(25(32)33)22(14-17)44-27(39)28(29,30)31/h5-15,24,34-35H,4H2,1-3H3,(H3,32,33)(H,36,38). The number of anilines is 2. The average Bonchev–Trinajstić information content (AvgIpc) is 2.95. The number of nitrogen functional groups attached to an aromatic ring is 1. The molecule has 6 N–H and O–H groups in total. The van der Waals surface area contributed by atoms with Gasteiger partial charge in [0.25, 0.3) is 11.6 Å². The van der Waals surface area contributed by atoms with E-state index in [2.05, 4.69) is 20.9 Å². The Kier molecular flexibility index (Phi) is 10.6. The summed E-state index contributed by atoms with van der Waals surface area (Å²) in [5.41, 5.74) is 9.99. The molecule has 3 rings (SSSR count). The summed E-state index contributed by atoms with van der Waals surface area (Å²) < 4.78 is 54.7. The van der Waals surface area contributed by atoms with Crippen molar-refractivity contribution < 1.29 is 41.9 Å². The molecule has 44 heavy (non-hydrogen) atoms. The maximum absolute atomic E-state index is 13.5. The van der Waals surface area contributed by atoms with E-state index in [4.69, 9.17) is 20.6 Å². The summed E-state index contributed by atoms with van der Waals surface area (Å²) in [6, 6.07) is 12.3. The average molecular weight is 619 g/mol. The van der Waals surface area contributed by atoms with Crippen LogP contribution in [0.3, 0.4) is 0 Å². The summed E-state index contributed by atoms with van der Waals surface area (Å²) in [7, 11) is 0. The van der Waals surface area contributed by atoms with Gasteiger partial charge < -0.3 is 25.3 Å². The summed E-state index contributed by atoms with van der Waals surface area (Å²) in [5.74, 6) is -4.01. The lowest BCUT2D eigenvalue weighted by Crippen LogP contribution is -2.37. The first kappa shape index (κ1) is 33.0. The fourth-order valence-electron chi connectivity index (χ4n) is 3.81. The molecule has 1 unspecified atom stereocenters. The van der Waals surface area contributed by atoms with Gasteiger partial charge in [0.05, 0.1) is 23.2 Å². The molecule has 0 bridgehead atoms. The van der Waals surface area contributed by atoms with E-state index in [0.717, 1.165) is 12.1 Å². The Balaban J connectivity index is 2.04. The molecule has 0 aliphatic heterocycles. The van der Waals surface area contributed by atoms with Gasteiger partial charge in [0, 0.05) is 17.8 Å². The van der Waals surface area contributed by atoms with E-state index in [-0.39, 0.29) is 46.6 Å². The van der Waals surface area contributed by atoms with Crippen LogP contribution < -0.4 is 36.1 Å². The first-order valence-electron chi connectivity index (χ1n) is 13.0. The van der Waals surface area contributed by atoms with Gasteiger partial charge in [0.15, 0.2) is 11.5 Å². The second-order valence-corrected chi connectivity index (χ2v) is 9.28. The number of rotatable bonds is 13. The number of esters is 1. The van der Waals surface area contributed by atoms with E-state index in [1.165, 1.54) is 42.5 Å². The SMILES string of the molecule is CCOc1cc(C(Nc2ccc(C(=N)N)c(OC(=O)C(F)(F)F)c2)C(=O)NNc2ccccc2[N+](=O)[O-])ccc1OC(C)C. The van der Waals surface area contributed by atoms with Crippen LogP contribution in [0.4, 0.5) is 30.2 Å². The van der Waals surface area contributed by atoms with Gasteiger partial charge >= 0.3 is 12.1 Å². The summed E-state index contributed by atoms with van der Waals surface area (Å²) in [5, 5.41) is 21.9. The van der Waals surface area contributed by atoms with Gasteiger partial charge in [0.2, 0.25) is 0 Å². The number of carbonyl (C=O) groups is 2. The minimum atomic E-state index is -5.33. The predicted molar refractivity (Wildman–Crippen MR) is 154 cm³/mol. The third-order valence-electron chi connectivity index (χ3n) is 5.66. The number of nitrogens with one attached hydrogen (secondary N) is 4. The van der Waals surface area contributed by atoms with Crippen molar-refractivity contribution in [1.29, 1.82) is 5.41 Å². The van der Waals surface area contributed by atoms with Gasteiger partial charge in [-0.25, -0.2) is 4.79 Å². The number of benzene rings is 3. The number of carbonyl (C=O) groups excluding carboxylic acids is 2. The number of nitro groups is 1. The summed E-state index contributed by atoms with van der Waals surface area (Å²) in [4.78, 5) is 35.8. The third kappa shape index (κ3) is 8.50. The number of hydrogen-bond acceptors (Lipinski definition) is 10. The Morgan fingerprint density at radius 3 is 2.36 bits per heavy atom. The number of para-hydroxylation sites is 2. The Labute approximate surface area is 249 Å². The van der Waals surface area contributed by atoms with Crippen molar-refractivity contribution in [2.45, 2.75) is 39.1 Å². The zero-order chi connectivity index (χ0) is 32.6. The molecule has 0 saturated heterocycles. The fraction of sp³-hybridized carbons (Fsp3) is 0.250. The van der Waals surface area contributed by atoms with Crippen molar-refractivity contribution >= 4 is 34.8 Å². The molecule has 0 radical (unpaired) electrons. The zero-order valence-corrected chi connectivity index (χ0v) is 23.7. The van der Waals surface area contributed by atoms with Crippen molar-refractivity contribution in [2.24, 2.45) is 5.73 Å². The van der Waals surface area contributed by atoms with Crippen molar-refractivity contribution in [3.05, 3.63) is 81.9 Å². The Morgan fingerprint density at radius 2 is 1.75 bits per heavy atom. The van der Waals surface area contributed by atoms with Crippen LogP contribution >= 0.6 is 0 Å². The third-order valence-corrected chi connectivity index (χ3v) is 5.66. The number of halogens is 3. The Bertz CT molecular complexity index is 1550. The number of hydrazine groups is 1. The summed E-state index contributed by atoms with van der Waals surface area (Å²) >= 11 is 0. The first-order chi connectivity index (χ1) is 20.7. The van der Waals surface area contributed by atoms with Gasteiger partial charge in [-0.15, -0.1) is 0 Å². The maximum Gasteiger partial charge on any atom is 0.491 e. The minimum Gasteiger partial charge on any atom is -0.490 e. The van der Waals surface area contributed by atoms with Crippen LogP contribution in [0.15, 0.2) is 60.7 Å². The van der Waals surface area contributed by atoms with Crippen molar-refractivity contribution in [3.63, 3.8) is 0 Å². The number of ether oxygens (including phenoxy) is 3. The van der Waals surface area contributed by atoms with E-state index in [1.807, 2.05) is 13.8 Å². The van der Waals surface area contributed by atoms with Crippen LogP contribution in [-0.4, -0.2) is 41.5 Å². The van der Waals surface area contributed by atoms with E-state index in [1.54, 1.807) is 13.0 Å². The highest BCUT2D eigenvalue weighted by Gasteiger charge is 2.42. The lowest BCUT2D eigenvalue weighted by Gasteiger charge is -2.23. The van der Waals surface area contributed by atoms with E-state index in [0.29, 0.717) is 5.75 Å². The number of nitrogens with two attached hydrogens (primary N) is 1. The number of nitro benzene ring substituents is 1. The largest absolute Gasteiger partial charge is 0.491 e. The normalized spacial score (nSPS) is 11.7. The van der Waals surface area contributed by atoms with Gasteiger partial charge in [0.1, 0.15) is 23.3 Å². The van der Waals surface area contributed by atoms with Gasteiger partial charge in [-0.1, -0.05) is 18.2 Å². The highest BCUT2D eigenvalue weighted by molar-refractivity contribution is 5.99. The van der Waals surface area contributed by atoms with Crippen LogP contribution in [0.5, 0.6) is 17.2 Å². The molecule has 234 valence electrons. The summed E-state index contributed by atoms with van der Waals surface area (Å²) in [6.07, 6.45) is -5.54. The number of alkyl halides is 3. The van der Waals surface area contributed by atoms with Crippen LogP contribution in [0.2, 0.25) is 0 Å².